The third kappa shape index (κ3) is 4.36. The van der Waals surface area contributed by atoms with Gasteiger partial charge >= 0.3 is 0 Å². The summed E-state index contributed by atoms with van der Waals surface area (Å²) in [6, 6.07) is 2.48. The molecule has 5 aliphatic rings. The van der Waals surface area contributed by atoms with Crippen molar-refractivity contribution in [2.45, 2.75) is 84.0 Å². The molecule has 5 rings (SSSR count). The maximum atomic E-state index is 9.23. The van der Waals surface area contributed by atoms with E-state index in [4.69, 9.17) is 0 Å². The predicted octanol–water partition coefficient (Wildman–Crippen LogP) is 6.59. The van der Waals surface area contributed by atoms with Gasteiger partial charge in [-0.1, -0.05) is 20.1 Å². The monoisotopic (exact) mass is 435 g/mol. The molecule has 3 nitrogen and oxygen atoms in total. The molecule has 0 spiro atoms. The van der Waals surface area contributed by atoms with Crippen molar-refractivity contribution in [3.05, 3.63) is 24.6 Å². The van der Waals surface area contributed by atoms with Gasteiger partial charge in [0, 0.05) is 49.4 Å². The minimum atomic E-state index is 0.407. The van der Waals surface area contributed by atoms with Gasteiger partial charge < -0.3 is 9.80 Å². The second kappa shape index (κ2) is 9.08. The van der Waals surface area contributed by atoms with E-state index in [2.05, 4.69) is 36.0 Å². The Bertz CT molecular complexity index is 743. The predicted molar refractivity (Wildman–Crippen MR) is 131 cm³/mol. The molecule has 0 N–H and O–H groups in total. The lowest BCUT2D eigenvalue weighted by Crippen LogP contribution is -2.47. The van der Waals surface area contributed by atoms with E-state index in [9.17, 15) is 5.26 Å². The van der Waals surface area contributed by atoms with Crippen LogP contribution in [0.1, 0.15) is 84.0 Å². The standard InChI is InChI=1S/C29H45N3/c1-21(31-16-18-32(19-17-31)22(2)29(3)13-14-29)23-4-6-24(7-5-23)27-11-10-25-8-9-26(12-15-30)28(25)20-27/h23-28H,1-2,4-14,16-20H2,3H3. The first kappa shape index (κ1) is 22.4. The zero-order valence-electron chi connectivity index (χ0n) is 20.5. The van der Waals surface area contributed by atoms with Crippen LogP contribution in [-0.4, -0.2) is 36.0 Å². The van der Waals surface area contributed by atoms with Crippen LogP contribution in [0.25, 0.3) is 0 Å². The van der Waals surface area contributed by atoms with Gasteiger partial charge in [-0.15, -0.1) is 0 Å². The quantitative estimate of drug-likeness (QED) is 0.471. The van der Waals surface area contributed by atoms with E-state index in [0.29, 0.717) is 17.3 Å². The van der Waals surface area contributed by atoms with Crippen molar-refractivity contribution in [2.75, 3.05) is 26.2 Å². The van der Waals surface area contributed by atoms with E-state index in [-0.39, 0.29) is 0 Å². The first-order chi connectivity index (χ1) is 15.5. The fraction of sp³-hybridized carbons (Fsp3) is 0.828. The summed E-state index contributed by atoms with van der Waals surface area (Å²) >= 11 is 0. The van der Waals surface area contributed by atoms with E-state index < -0.39 is 0 Å². The second-order valence-corrected chi connectivity index (χ2v) is 12.3. The molecular formula is C29H45N3. The van der Waals surface area contributed by atoms with Gasteiger partial charge in [0.15, 0.2) is 0 Å². The third-order valence-corrected chi connectivity index (χ3v) is 10.6. The average molecular weight is 436 g/mol. The summed E-state index contributed by atoms with van der Waals surface area (Å²) in [7, 11) is 0. The molecule has 4 aliphatic carbocycles. The van der Waals surface area contributed by atoms with Gasteiger partial charge in [-0.3, -0.25) is 0 Å². The number of nitrogens with zero attached hydrogens (tertiary/aromatic N) is 3. The van der Waals surface area contributed by atoms with E-state index in [1.54, 1.807) is 0 Å². The van der Waals surface area contributed by atoms with Crippen molar-refractivity contribution >= 4 is 0 Å². The maximum absolute atomic E-state index is 9.23. The van der Waals surface area contributed by atoms with Gasteiger partial charge in [0.25, 0.3) is 0 Å². The Hall–Kier alpha value is -1.43. The molecule has 1 saturated heterocycles. The molecule has 1 aliphatic heterocycles. The van der Waals surface area contributed by atoms with Crippen LogP contribution in [0.15, 0.2) is 24.6 Å². The minimum absolute atomic E-state index is 0.407. The van der Waals surface area contributed by atoms with Gasteiger partial charge in [0.1, 0.15) is 0 Å². The summed E-state index contributed by atoms with van der Waals surface area (Å²) in [5.41, 5.74) is 3.22. The number of hydrogen-bond acceptors (Lipinski definition) is 3. The van der Waals surface area contributed by atoms with Gasteiger partial charge in [-0.25, -0.2) is 0 Å². The van der Waals surface area contributed by atoms with E-state index >= 15 is 0 Å². The largest absolute Gasteiger partial charge is 0.372 e. The molecular weight excluding hydrogens is 390 g/mol. The highest BCUT2D eigenvalue weighted by Gasteiger charge is 2.44. The Morgan fingerprint density at radius 2 is 1.44 bits per heavy atom. The number of nitriles is 1. The maximum Gasteiger partial charge on any atom is 0.0624 e. The summed E-state index contributed by atoms with van der Waals surface area (Å²) in [6.07, 6.45) is 16.0. The molecule has 0 bridgehead atoms. The lowest BCUT2D eigenvalue weighted by atomic mass is 9.65. The first-order valence-electron chi connectivity index (χ1n) is 13.7. The van der Waals surface area contributed by atoms with Crippen molar-refractivity contribution in [3.8, 4) is 6.07 Å². The Balaban J connectivity index is 1.08. The molecule has 176 valence electrons. The topological polar surface area (TPSA) is 30.3 Å². The highest BCUT2D eigenvalue weighted by atomic mass is 15.3. The number of allylic oxidation sites excluding steroid dienone is 2. The number of piperazine rings is 1. The molecule has 0 amide bonds. The van der Waals surface area contributed by atoms with Crippen LogP contribution in [0.4, 0.5) is 0 Å². The fourth-order valence-corrected chi connectivity index (χ4v) is 7.98. The normalized spacial score (nSPS) is 38.6. The van der Waals surface area contributed by atoms with Crippen LogP contribution in [0.5, 0.6) is 0 Å². The van der Waals surface area contributed by atoms with Crippen molar-refractivity contribution in [2.24, 2.45) is 40.9 Å². The Labute approximate surface area is 196 Å². The van der Waals surface area contributed by atoms with Crippen LogP contribution in [0.3, 0.4) is 0 Å². The zero-order chi connectivity index (χ0) is 22.3. The number of hydrogen-bond donors (Lipinski definition) is 0. The molecule has 0 radical (unpaired) electrons. The third-order valence-electron chi connectivity index (χ3n) is 10.6. The van der Waals surface area contributed by atoms with Crippen molar-refractivity contribution in [1.29, 1.82) is 5.26 Å². The van der Waals surface area contributed by atoms with Gasteiger partial charge in [0.05, 0.1) is 6.07 Å². The molecule has 5 fully saturated rings. The Kier molecular flexibility index (Phi) is 6.34. The highest BCUT2D eigenvalue weighted by molar-refractivity contribution is 5.17. The van der Waals surface area contributed by atoms with Crippen LogP contribution < -0.4 is 0 Å². The molecule has 0 aromatic rings. The molecule has 4 saturated carbocycles. The van der Waals surface area contributed by atoms with Crippen molar-refractivity contribution in [1.82, 2.24) is 9.80 Å². The lowest BCUT2D eigenvalue weighted by Gasteiger charge is -2.44. The zero-order valence-corrected chi connectivity index (χ0v) is 20.5. The molecule has 3 heteroatoms. The molecule has 1 heterocycles. The molecule has 0 aromatic carbocycles. The van der Waals surface area contributed by atoms with Crippen molar-refractivity contribution in [3.63, 3.8) is 0 Å². The summed E-state index contributed by atoms with van der Waals surface area (Å²) in [5, 5.41) is 9.23. The first-order valence-corrected chi connectivity index (χ1v) is 13.7. The highest BCUT2D eigenvalue weighted by Crippen LogP contribution is 2.53. The van der Waals surface area contributed by atoms with Gasteiger partial charge in [0.2, 0.25) is 0 Å². The second-order valence-electron chi connectivity index (χ2n) is 12.3. The van der Waals surface area contributed by atoms with E-state index in [0.717, 1.165) is 56.3 Å². The van der Waals surface area contributed by atoms with Gasteiger partial charge in [-0.05, 0) is 106 Å². The Morgan fingerprint density at radius 3 is 2.09 bits per heavy atom. The van der Waals surface area contributed by atoms with Crippen LogP contribution >= 0.6 is 0 Å². The van der Waals surface area contributed by atoms with E-state index in [1.165, 1.54) is 82.0 Å². The summed E-state index contributed by atoms with van der Waals surface area (Å²) in [5.74, 6) is 5.09. The molecule has 4 atom stereocenters. The smallest absolute Gasteiger partial charge is 0.0624 e. The van der Waals surface area contributed by atoms with Crippen molar-refractivity contribution < 1.29 is 0 Å². The fourth-order valence-electron chi connectivity index (χ4n) is 7.98. The van der Waals surface area contributed by atoms with E-state index in [1.807, 2.05) is 0 Å². The number of fused-ring (bicyclic) bond motifs is 1. The SMILES string of the molecule is C=C(C1CCC(C2CCC3CCC(CC#N)C3C2)CC1)N1CCN(C(=C)C2(C)CC2)CC1. The van der Waals surface area contributed by atoms with Crippen LogP contribution in [0.2, 0.25) is 0 Å². The molecule has 4 unspecified atom stereocenters. The molecule has 32 heavy (non-hydrogen) atoms. The van der Waals surface area contributed by atoms with Gasteiger partial charge in [-0.2, -0.15) is 5.26 Å². The summed E-state index contributed by atoms with van der Waals surface area (Å²) < 4.78 is 0. The number of rotatable bonds is 6. The molecule has 0 aromatic heterocycles. The Morgan fingerprint density at radius 1 is 0.844 bits per heavy atom. The average Bonchev–Trinajstić information content (AvgIpc) is 3.47. The van der Waals surface area contributed by atoms with Crippen LogP contribution in [-0.2, 0) is 0 Å². The summed E-state index contributed by atoms with van der Waals surface area (Å²) in [6.45, 7) is 15.9. The van der Waals surface area contributed by atoms with Crippen LogP contribution in [0, 0.1) is 52.3 Å². The lowest BCUT2D eigenvalue weighted by molar-refractivity contribution is 0.0971. The minimum Gasteiger partial charge on any atom is -0.372 e. The summed E-state index contributed by atoms with van der Waals surface area (Å²) in [4.78, 5) is 5.15.